The minimum atomic E-state index is -0.266. The number of anilines is 1. The van der Waals surface area contributed by atoms with Crippen LogP contribution in [0.25, 0.3) is 0 Å². The number of urea groups is 1. The Labute approximate surface area is 152 Å². The number of aromatic nitrogens is 2. The number of amides is 2. The lowest BCUT2D eigenvalue weighted by molar-refractivity contribution is 0.251. The van der Waals surface area contributed by atoms with E-state index in [4.69, 9.17) is 5.26 Å². The summed E-state index contributed by atoms with van der Waals surface area (Å²) in [5.74, 6) is 0. The van der Waals surface area contributed by atoms with Crippen LogP contribution in [-0.2, 0) is 19.5 Å². The molecule has 0 bridgehead atoms. The van der Waals surface area contributed by atoms with Gasteiger partial charge in [-0.1, -0.05) is 36.4 Å². The summed E-state index contributed by atoms with van der Waals surface area (Å²) in [5.41, 5.74) is 3.80. The standard InChI is InChI=1S/C20H19N5O/c21-9-8-16-4-6-19(7-5-16)24-20(26)23-13-17-2-1-3-18(12-17)14-25-11-10-22-15-25/h1-7,10-12,15H,8,13-14H2,(H2,23,24,26). The molecule has 3 rings (SSSR count). The van der Waals surface area contributed by atoms with Crippen molar-refractivity contribution < 1.29 is 4.79 Å². The van der Waals surface area contributed by atoms with Crippen LogP contribution in [-0.4, -0.2) is 15.6 Å². The fourth-order valence-electron chi connectivity index (χ4n) is 2.58. The van der Waals surface area contributed by atoms with Crippen LogP contribution < -0.4 is 10.6 Å². The summed E-state index contributed by atoms with van der Waals surface area (Å²) in [6, 6.07) is 17.1. The highest BCUT2D eigenvalue weighted by atomic mass is 16.2. The monoisotopic (exact) mass is 345 g/mol. The van der Waals surface area contributed by atoms with Crippen LogP contribution in [0, 0.1) is 11.3 Å². The van der Waals surface area contributed by atoms with E-state index in [9.17, 15) is 4.79 Å². The van der Waals surface area contributed by atoms with Crippen molar-refractivity contribution in [2.45, 2.75) is 19.5 Å². The van der Waals surface area contributed by atoms with Gasteiger partial charge in [0.05, 0.1) is 18.8 Å². The van der Waals surface area contributed by atoms with Gasteiger partial charge in [0.15, 0.2) is 0 Å². The Morgan fingerprint density at radius 3 is 2.65 bits per heavy atom. The van der Waals surface area contributed by atoms with Crippen molar-refractivity contribution in [3.8, 4) is 6.07 Å². The number of nitriles is 1. The molecule has 0 fully saturated rings. The van der Waals surface area contributed by atoms with Crippen LogP contribution in [0.1, 0.15) is 16.7 Å². The third-order valence-electron chi connectivity index (χ3n) is 3.86. The summed E-state index contributed by atoms with van der Waals surface area (Å²) in [6.45, 7) is 1.19. The molecule has 3 aromatic rings. The zero-order valence-corrected chi connectivity index (χ0v) is 14.2. The third kappa shape index (κ3) is 4.95. The fourth-order valence-corrected chi connectivity index (χ4v) is 2.58. The molecular weight excluding hydrogens is 326 g/mol. The lowest BCUT2D eigenvalue weighted by Crippen LogP contribution is -2.28. The summed E-state index contributed by atoms with van der Waals surface area (Å²) in [4.78, 5) is 16.1. The van der Waals surface area contributed by atoms with Gasteiger partial charge < -0.3 is 15.2 Å². The average Bonchev–Trinajstić information content (AvgIpc) is 3.15. The van der Waals surface area contributed by atoms with E-state index in [-0.39, 0.29) is 6.03 Å². The van der Waals surface area contributed by atoms with Crippen molar-refractivity contribution >= 4 is 11.7 Å². The van der Waals surface area contributed by atoms with Gasteiger partial charge in [-0.05, 0) is 28.8 Å². The first-order valence-corrected chi connectivity index (χ1v) is 8.27. The van der Waals surface area contributed by atoms with Crippen LogP contribution >= 0.6 is 0 Å². The highest BCUT2D eigenvalue weighted by Gasteiger charge is 2.03. The largest absolute Gasteiger partial charge is 0.334 e. The van der Waals surface area contributed by atoms with Gasteiger partial charge in [0.1, 0.15) is 0 Å². The Balaban J connectivity index is 1.52. The highest BCUT2D eigenvalue weighted by molar-refractivity contribution is 5.89. The van der Waals surface area contributed by atoms with Crippen LogP contribution in [0.5, 0.6) is 0 Å². The molecule has 2 N–H and O–H groups in total. The van der Waals surface area contributed by atoms with E-state index in [2.05, 4.69) is 27.8 Å². The normalized spacial score (nSPS) is 10.1. The average molecular weight is 345 g/mol. The molecule has 130 valence electrons. The molecule has 6 heteroatoms. The van der Waals surface area contributed by atoms with Crippen molar-refractivity contribution in [2.24, 2.45) is 0 Å². The van der Waals surface area contributed by atoms with Gasteiger partial charge in [-0.2, -0.15) is 5.26 Å². The lowest BCUT2D eigenvalue weighted by atomic mass is 10.1. The van der Waals surface area contributed by atoms with Gasteiger partial charge in [0.25, 0.3) is 0 Å². The Morgan fingerprint density at radius 2 is 1.92 bits per heavy atom. The summed E-state index contributed by atoms with van der Waals surface area (Å²) in [7, 11) is 0. The maximum atomic E-state index is 12.1. The van der Waals surface area contributed by atoms with Gasteiger partial charge in [0, 0.05) is 31.2 Å². The van der Waals surface area contributed by atoms with Gasteiger partial charge in [-0.3, -0.25) is 0 Å². The topological polar surface area (TPSA) is 82.7 Å². The molecule has 0 saturated carbocycles. The number of imidazole rings is 1. The predicted octanol–water partition coefficient (Wildman–Crippen LogP) is 3.32. The lowest BCUT2D eigenvalue weighted by Gasteiger charge is -2.09. The molecule has 6 nitrogen and oxygen atoms in total. The first kappa shape index (κ1) is 17.2. The Hall–Kier alpha value is -3.59. The number of carbonyl (C=O) groups is 1. The number of rotatable bonds is 6. The molecule has 2 aromatic carbocycles. The number of hydrogen-bond acceptors (Lipinski definition) is 3. The van der Waals surface area contributed by atoms with Crippen LogP contribution in [0.2, 0.25) is 0 Å². The molecule has 0 spiro atoms. The van der Waals surface area contributed by atoms with Crippen molar-refractivity contribution in [3.05, 3.63) is 83.9 Å². The van der Waals surface area contributed by atoms with E-state index in [1.54, 1.807) is 24.7 Å². The fraction of sp³-hybridized carbons (Fsp3) is 0.150. The molecule has 0 unspecified atom stereocenters. The molecule has 26 heavy (non-hydrogen) atoms. The third-order valence-corrected chi connectivity index (χ3v) is 3.86. The minimum Gasteiger partial charge on any atom is -0.334 e. The van der Waals surface area contributed by atoms with Crippen LogP contribution in [0.15, 0.2) is 67.3 Å². The summed E-state index contributed by atoms with van der Waals surface area (Å²) >= 11 is 0. The van der Waals surface area contributed by atoms with Crippen LogP contribution in [0.4, 0.5) is 10.5 Å². The quantitative estimate of drug-likeness (QED) is 0.719. The summed E-state index contributed by atoms with van der Waals surface area (Å²) in [5, 5.41) is 14.3. The molecular formula is C20H19N5O. The van der Waals surface area contributed by atoms with Crippen molar-refractivity contribution in [2.75, 3.05) is 5.32 Å². The zero-order valence-electron chi connectivity index (χ0n) is 14.2. The molecule has 0 radical (unpaired) electrons. The Kier molecular flexibility index (Phi) is 5.63. The summed E-state index contributed by atoms with van der Waals surface area (Å²) in [6.07, 6.45) is 5.81. The van der Waals surface area contributed by atoms with Crippen molar-refractivity contribution in [1.82, 2.24) is 14.9 Å². The second-order valence-corrected chi connectivity index (χ2v) is 5.89. The number of benzene rings is 2. The van der Waals surface area contributed by atoms with Gasteiger partial charge in [-0.15, -0.1) is 0 Å². The van der Waals surface area contributed by atoms with E-state index in [1.807, 2.05) is 41.1 Å². The SMILES string of the molecule is N#CCc1ccc(NC(=O)NCc2cccc(Cn3ccnc3)c2)cc1. The second-order valence-electron chi connectivity index (χ2n) is 5.89. The van der Waals surface area contributed by atoms with E-state index >= 15 is 0 Å². The van der Waals surface area contributed by atoms with Crippen molar-refractivity contribution in [1.29, 1.82) is 5.26 Å². The molecule has 0 aliphatic rings. The Bertz CT molecular complexity index is 895. The number of carbonyl (C=O) groups excluding carboxylic acids is 1. The van der Waals surface area contributed by atoms with E-state index in [0.717, 1.165) is 23.2 Å². The van der Waals surface area contributed by atoms with E-state index < -0.39 is 0 Å². The molecule has 0 atom stereocenters. The maximum absolute atomic E-state index is 12.1. The van der Waals surface area contributed by atoms with E-state index in [0.29, 0.717) is 18.7 Å². The zero-order chi connectivity index (χ0) is 18.2. The van der Waals surface area contributed by atoms with Gasteiger partial charge in [-0.25, -0.2) is 9.78 Å². The first-order valence-electron chi connectivity index (χ1n) is 8.27. The van der Waals surface area contributed by atoms with Gasteiger partial charge >= 0.3 is 6.03 Å². The van der Waals surface area contributed by atoms with Crippen molar-refractivity contribution in [3.63, 3.8) is 0 Å². The molecule has 0 aliphatic heterocycles. The van der Waals surface area contributed by atoms with E-state index in [1.165, 1.54) is 0 Å². The molecule has 0 aliphatic carbocycles. The summed E-state index contributed by atoms with van der Waals surface area (Å²) < 4.78 is 2.00. The number of nitrogens with one attached hydrogen (secondary N) is 2. The highest BCUT2D eigenvalue weighted by Crippen LogP contribution is 2.10. The molecule has 1 aromatic heterocycles. The molecule has 1 heterocycles. The Morgan fingerprint density at radius 1 is 1.12 bits per heavy atom. The maximum Gasteiger partial charge on any atom is 0.319 e. The smallest absolute Gasteiger partial charge is 0.319 e. The number of nitrogens with zero attached hydrogens (tertiary/aromatic N) is 3. The molecule has 2 amide bonds. The molecule has 0 saturated heterocycles. The van der Waals surface area contributed by atoms with Crippen LogP contribution in [0.3, 0.4) is 0 Å². The number of hydrogen-bond donors (Lipinski definition) is 2. The minimum absolute atomic E-state index is 0.266. The predicted molar refractivity (Wildman–Crippen MR) is 99.4 cm³/mol. The van der Waals surface area contributed by atoms with Gasteiger partial charge in [0.2, 0.25) is 0 Å². The first-order chi connectivity index (χ1) is 12.7. The second kappa shape index (κ2) is 8.49.